The molecule has 0 bridgehead atoms. The lowest BCUT2D eigenvalue weighted by Gasteiger charge is -2.05. The molecular formula is C12H9BrN4O. The molecule has 0 saturated carbocycles. The van der Waals surface area contributed by atoms with Crippen molar-refractivity contribution in [3.05, 3.63) is 41.3 Å². The van der Waals surface area contributed by atoms with Gasteiger partial charge >= 0.3 is 0 Å². The van der Waals surface area contributed by atoms with Crippen molar-refractivity contribution in [3.63, 3.8) is 0 Å². The normalized spacial score (nSPS) is 10.8. The highest BCUT2D eigenvalue weighted by atomic mass is 79.9. The summed E-state index contributed by atoms with van der Waals surface area (Å²) in [6.45, 7) is 0. The fourth-order valence-electron chi connectivity index (χ4n) is 1.72. The number of para-hydroxylation sites is 2. The number of hydrogen-bond donors (Lipinski definition) is 0. The minimum absolute atomic E-state index is 0.498. The fraction of sp³-hybridized carbons (Fsp3) is 0.0833. The molecule has 0 aliphatic carbocycles. The third kappa shape index (κ3) is 1.74. The number of aromatic nitrogens is 4. The number of halogens is 1. The van der Waals surface area contributed by atoms with Crippen molar-refractivity contribution in [3.8, 4) is 11.8 Å². The molecule has 0 amide bonds. The van der Waals surface area contributed by atoms with Crippen LogP contribution in [-0.2, 0) is 0 Å². The Morgan fingerprint density at radius 2 is 2.06 bits per heavy atom. The van der Waals surface area contributed by atoms with E-state index in [0.29, 0.717) is 11.8 Å². The van der Waals surface area contributed by atoms with Crippen molar-refractivity contribution in [1.82, 2.24) is 19.5 Å². The second kappa shape index (κ2) is 4.38. The van der Waals surface area contributed by atoms with Crippen LogP contribution >= 0.6 is 15.9 Å². The van der Waals surface area contributed by atoms with Gasteiger partial charge in [-0.2, -0.15) is 4.98 Å². The Morgan fingerprint density at radius 3 is 2.89 bits per heavy atom. The molecule has 0 radical (unpaired) electrons. The van der Waals surface area contributed by atoms with Gasteiger partial charge in [0.15, 0.2) is 0 Å². The maximum absolute atomic E-state index is 5.16. The minimum Gasteiger partial charge on any atom is -0.480 e. The van der Waals surface area contributed by atoms with Gasteiger partial charge in [0.2, 0.25) is 11.8 Å². The van der Waals surface area contributed by atoms with Gasteiger partial charge in [-0.25, -0.2) is 9.97 Å². The molecule has 18 heavy (non-hydrogen) atoms. The maximum atomic E-state index is 5.16. The number of rotatable bonds is 2. The van der Waals surface area contributed by atoms with Crippen molar-refractivity contribution < 1.29 is 4.74 Å². The number of methoxy groups -OCH3 is 1. The van der Waals surface area contributed by atoms with Crippen LogP contribution in [0.5, 0.6) is 5.88 Å². The van der Waals surface area contributed by atoms with Crippen molar-refractivity contribution in [2.24, 2.45) is 0 Å². The summed E-state index contributed by atoms with van der Waals surface area (Å²) < 4.78 is 7.71. The lowest BCUT2D eigenvalue weighted by atomic mass is 10.3. The Kier molecular flexibility index (Phi) is 2.71. The molecule has 3 rings (SSSR count). The number of benzene rings is 1. The first kappa shape index (κ1) is 11.2. The van der Waals surface area contributed by atoms with Gasteiger partial charge in [-0.1, -0.05) is 12.1 Å². The molecule has 2 aromatic heterocycles. The second-order valence-corrected chi connectivity index (χ2v) is 4.48. The van der Waals surface area contributed by atoms with Crippen LogP contribution < -0.4 is 4.74 Å². The summed E-state index contributed by atoms with van der Waals surface area (Å²) in [7, 11) is 1.57. The molecule has 0 aliphatic heterocycles. The zero-order valence-electron chi connectivity index (χ0n) is 9.54. The summed E-state index contributed by atoms with van der Waals surface area (Å²) >= 11 is 3.33. The van der Waals surface area contributed by atoms with Crippen LogP contribution in [-0.4, -0.2) is 26.6 Å². The molecule has 0 aliphatic rings. The highest BCUT2D eigenvalue weighted by molar-refractivity contribution is 9.10. The fourth-order valence-corrected chi connectivity index (χ4v) is 2.07. The standard InChI is InChI=1S/C12H9BrN4O/c1-18-11-8(13)6-14-12(16-11)17-7-15-9-4-2-3-5-10(9)17/h2-7H,1H3. The van der Waals surface area contributed by atoms with E-state index in [-0.39, 0.29) is 0 Å². The molecule has 0 spiro atoms. The molecule has 2 heterocycles. The van der Waals surface area contributed by atoms with E-state index < -0.39 is 0 Å². The first-order chi connectivity index (χ1) is 8.79. The smallest absolute Gasteiger partial charge is 0.238 e. The topological polar surface area (TPSA) is 52.8 Å². The van der Waals surface area contributed by atoms with Crippen LogP contribution in [0.15, 0.2) is 41.3 Å². The van der Waals surface area contributed by atoms with E-state index in [2.05, 4.69) is 30.9 Å². The van der Waals surface area contributed by atoms with Gasteiger partial charge in [-0.15, -0.1) is 0 Å². The molecule has 90 valence electrons. The van der Waals surface area contributed by atoms with E-state index in [0.717, 1.165) is 15.5 Å². The van der Waals surface area contributed by atoms with Gasteiger partial charge in [0.25, 0.3) is 0 Å². The molecule has 3 aromatic rings. The lowest BCUT2D eigenvalue weighted by molar-refractivity contribution is 0.393. The van der Waals surface area contributed by atoms with Gasteiger partial charge in [0.1, 0.15) is 6.33 Å². The van der Waals surface area contributed by atoms with Crippen LogP contribution in [0.2, 0.25) is 0 Å². The predicted molar refractivity (Wildman–Crippen MR) is 70.9 cm³/mol. The Hall–Kier alpha value is -1.95. The van der Waals surface area contributed by atoms with Crippen molar-refractivity contribution in [1.29, 1.82) is 0 Å². The molecule has 6 heteroatoms. The lowest BCUT2D eigenvalue weighted by Crippen LogP contribution is -2.01. The van der Waals surface area contributed by atoms with E-state index in [9.17, 15) is 0 Å². The van der Waals surface area contributed by atoms with Crippen LogP contribution in [0.4, 0.5) is 0 Å². The summed E-state index contributed by atoms with van der Waals surface area (Å²) in [5.41, 5.74) is 1.87. The molecule has 0 atom stereocenters. The number of fused-ring (bicyclic) bond motifs is 1. The minimum atomic E-state index is 0.498. The van der Waals surface area contributed by atoms with E-state index in [1.807, 2.05) is 28.8 Å². The Labute approximate surface area is 112 Å². The van der Waals surface area contributed by atoms with E-state index in [1.54, 1.807) is 19.6 Å². The predicted octanol–water partition coefficient (Wildman–Crippen LogP) is 2.59. The van der Waals surface area contributed by atoms with Gasteiger partial charge < -0.3 is 4.74 Å². The quantitative estimate of drug-likeness (QED) is 0.730. The van der Waals surface area contributed by atoms with Crippen molar-refractivity contribution in [2.45, 2.75) is 0 Å². The summed E-state index contributed by atoms with van der Waals surface area (Å²) in [4.78, 5) is 12.9. The van der Waals surface area contributed by atoms with Crippen LogP contribution in [0.25, 0.3) is 17.0 Å². The highest BCUT2D eigenvalue weighted by Crippen LogP contribution is 2.23. The highest BCUT2D eigenvalue weighted by Gasteiger charge is 2.09. The molecular weight excluding hydrogens is 296 g/mol. The largest absolute Gasteiger partial charge is 0.480 e. The van der Waals surface area contributed by atoms with Gasteiger partial charge in [0, 0.05) is 0 Å². The second-order valence-electron chi connectivity index (χ2n) is 3.63. The zero-order chi connectivity index (χ0) is 12.5. The van der Waals surface area contributed by atoms with Crippen LogP contribution in [0.1, 0.15) is 0 Å². The Bertz CT molecular complexity index is 710. The van der Waals surface area contributed by atoms with E-state index >= 15 is 0 Å². The molecule has 0 N–H and O–H groups in total. The number of nitrogens with zero attached hydrogens (tertiary/aromatic N) is 4. The molecule has 0 saturated heterocycles. The van der Waals surface area contributed by atoms with Crippen LogP contribution in [0.3, 0.4) is 0 Å². The third-order valence-corrected chi connectivity index (χ3v) is 3.11. The summed E-state index contributed by atoms with van der Waals surface area (Å²) in [6, 6.07) is 7.82. The van der Waals surface area contributed by atoms with Gasteiger partial charge in [-0.3, -0.25) is 4.57 Å². The number of ether oxygens (including phenoxy) is 1. The first-order valence-electron chi connectivity index (χ1n) is 5.28. The van der Waals surface area contributed by atoms with Gasteiger partial charge in [-0.05, 0) is 28.1 Å². The molecule has 5 nitrogen and oxygen atoms in total. The van der Waals surface area contributed by atoms with E-state index in [4.69, 9.17) is 4.74 Å². The summed E-state index contributed by atoms with van der Waals surface area (Å²) in [5, 5.41) is 0. The van der Waals surface area contributed by atoms with Crippen molar-refractivity contribution >= 4 is 27.0 Å². The van der Waals surface area contributed by atoms with Gasteiger partial charge in [0.05, 0.1) is 28.8 Å². The molecule has 0 fully saturated rings. The average molecular weight is 305 g/mol. The Balaban J connectivity index is 2.20. The molecule has 0 unspecified atom stereocenters. The summed E-state index contributed by atoms with van der Waals surface area (Å²) in [6.07, 6.45) is 3.36. The first-order valence-corrected chi connectivity index (χ1v) is 6.08. The van der Waals surface area contributed by atoms with Crippen LogP contribution in [0, 0.1) is 0 Å². The molecule has 1 aromatic carbocycles. The monoisotopic (exact) mass is 304 g/mol. The van der Waals surface area contributed by atoms with E-state index in [1.165, 1.54) is 0 Å². The maximum Gasteiger partial charge on any atom is 0.238 e. The third-order valence-electron chi connectivity index (χ3n) is 2.56. The van der Waals surface area contributed by atoms with Crippen molar-refractivity contribution in [2.75, 3.05) is 7.11 Å². The average Bonchev–Trinajstić information content (AvgIpc) is 2.83. The zero-order valence-corrected chi connectivity index (χ0v) is 11.1. The number of imidazole rings is 1. The Morgan fingerprint density at radius 1 is 1.22 bits per heavy atom. The number of hydrogen-bond acceptors (Lipinski definition) is 4. The SMILES string of the molecule is COc1nc(-n2cnc3ccccc32)ncc1Br. The summed E-state index contributed by atoms with van der Waals surface area (Å²) in [5.74, 6) is 1.03.